The number of carbonyl (C=O) groups excluding carboxylic acids is 2. The maximum atomic E-state index is 12.5. The summed E-state index contributed by atoms with van der Waals surface area (Å²) in [6.45, 7) is 2.15. The molecule has 1 aliphatic rings. The van der Waals surface area contributed by atoms with E-state index in [2.05, 4.69) is 0 Å². The molecule has 3 rings (SSSR count). The predicted molar refractivity (Wildman–Crippen MR) is 105 cm³/mol. The molecule has 0 bridgehead atoms. The van der Waals surface area contributed by atoms with Crippen LogP contribution in [0.3, 0.4) is 0 Å². The molecule has 142 valence electrons. The maximum Gasteiger partial charge on any atom is 0.264 e. The summed E-state index contributed by atoms with van der Waals surface area (Å²) >= 11 is 1.44. The van der Waals surface area contributed by atoms with Gasteiger partial charge in [0.2, 0.25) is 5.91 Å². The van der Waals surface area contributed by atoms with Gasteiger partial charge >= 0.3 is 0 Å². The van der Waals surface area contributed by atoms with E-state index in [1.807, 2.05) is 29.6 Å². The van der Waals surface area contributed by atoms with Crippen LogP contribution in [0.1, 0.15) is 15.2 Å². The Morgan fingerprint density at radius 2 is 1.63 bits per heavy atom. The number of nitrogens with zero attached hydrogens (tertiary/aromatic N) is 2. The molecule has 7 heteroatoms. The number of carbonyl (C=O) groups is 2. The normalized spacial score (nSPS) is 14.4. The Bertz CT molecular complexity index is 802. The van der Waals surface area contributed by atoms with Gasteiger partial charge in [-0.15, -0.1) is 11.3 Å². The molecule has 1 aromatic heterocycles. The van der Waals surface area contributed by atoms with Gasteiger partial charge in [-0.1, -0.05) is 6.07 Å². The van der Waals surface area contributed by atoms with Crippen molar-refractivity contribution < 1.29 is 19.1 Å². The van der Waals surface area contributed by atoms with Crippen LogP contribution in [0.5, 0.6) is 11.5 Å². The minimum Gasteiger partial charge on any atom is -0.497 e. The molecule has 1 aliphatic heterocycles. The molecule has 0 aliphatic carbocycles. The largest absolute Gasteiger partial charge is 0.497 e. The van der Waals surface area contributed by atoms with Gasteiger partial charge in [0.05, 0.1) is 19.1 Å². The highest BCUT2D eigenvalue weighted by molar-refractivity contribution is 7.12. The lowest BCUT2D eigenvalue weighted by atomic mass is 10.1. The van der Waals surface area contributed by atoms with E-state index in [4.69, 9.17) is 9.47 Å². The number of hydrogen-bond acceptors (Lipinski definition) is 5. The third kappa shape index (κ3) is 4.68. The molecule has 0 spiro atoms. The van der Waals surface area contributed by atoms with Crippen molar-refractivity contribution in [3.8, 4) is 11.5 Å². The van der Waals surface area contributed by atoms with Crippen LogP contribution < -0.4 is 9.47 Å². The average molecular weight is 386 g/mol. The van der Waals surface area contributed by atoms with Crippen LogP contribution in [0.15, 0.2) is 41.8 Å². The van der Waals surface area contributed by atoms with E-state index in [-0.39, 0.29) is 11.8 Å². The second-order valence-corrected chi connectivity index (χ2v) is 7.02. The Morgan fingerprint density at radius 1 is 1.00 bits per heavy atom. The zero-order valence-corrected chi connectivity index (χ0v) is 16.2. The number of benzene rings is 1. The highest BCUT2D eigenvalue weighted by Crippen LogP contribution is 2.23. The van der Waals surface area contributed by atoms with Crippen LogP contribution in [-0.2, 0) is 4.79 Å². The quantitative estimate of drug-likeness (QED) is 0.742. The Morgan fingerprint density at radius 3 is 2.19 bits per heavy atom. The molecule has 6 nitrogen and oxygen atoms in total. The van der Waals surface area contributed by atoms with Gasteiger partial charge < -0.3 is 19.3 Å². The minimum atomic E-state index is -0.0694. The van der Waals surface area contributed by atoms with Crippen molar-refractivity contribution in [3.05, 3.63) is 52.2 Å². The van der Waals surface area contributed by atoms with E-state index in [1.54, 1.807) is 42.2 Å². The molecule has 0 saturated carbocycles. The smallest absolute Gasteiger partial charge is 0.264 e. The van der Waals surface area contributed by atoms with Gasteiger partial charge in [-0.3, -0.25) is 9.59 Å². The summed E-state index contributed by atoms with van der Waals surface area (Å²) in [6, 6.07) is 9.16. The number of methoxy groups -OCH3 is 2. The van der Waals surface area contributed by atoms with Crippen LogP contribution in [0.25, 0.3) is 6.08 Å². The van der Waals surface area contributed by atoms with Gasteiger partial charge in [0.15, 0.2) is 0 Å². The van der Waals surface area contributed by atoms with Crippen LogP contribution in [-0.4, -0.2) is 62.0 Å². The highest BCUT2D eigenvalue weighted by Gasteiger charge is 2.24. The molecule has 2 amide bonds. The van der Waals surface area contributed by atoms with Gasteiger partial charge in [0, 0.05) is 38.3 Å². The average Bonchev–Trinajstić information content (AvgIpc) is 3.26. The molecular formula is C20H22N2O4S. The van der Waals surface area contributed by atoms with E-state index in [9.17, 15) is 9.59 Å². The molecule has 2 aromatic rings. The van der Waals surface area contributed by atoms with Gasteiger partial charge in [-0.2, -0.15) is 0 Å². The number of ether oxygens (including phenoxy) is 2. The molecule has 0 unspecified atom stereocenters. The van der Waals surface area contributed by atoms with Crippen molar-refractivity contribution in [1.29, 1.82) is 0 Å². The minimum absolute atomic E-state index is 0.0381. The first kappa shape index (κ1) is 19.0. The van der Waals surface area contributed by atoms with Crippen molar-refractivity contribution in [1.82, 2.24) is 9.80 Å². The summed E-state index contributed by atoms with van der Waals surface area (Å²) in [5.74, 6) is 1.31. The maximum absolute atomic E-state index is 12.5. The first-order chi connectivity index (χ1) is 13.1. The van der Waals surface area contributed by atoms with Crippen LogP contribution in [0.4, 0.5) is 0 Å². The fourth-order valence-corrected chi connectivity index (χ4v) is 3.58. The van der Waals surface area contributed by atoms with Gasteiger partial charge in [0.1, 0.15) is 11.5 Å². The number of thiophene rings is 1. The van der Waals surface area contributed by atoms with Crippen LogP contribution in [0, 0.1) is 0 Å². The number of hydrogen-bond donors (Lipinski definition) is 0. The van der Waals surface area contributed by atoms with Crippen molar-refractivity contribution in [2.45, 2.75) is 0 Å². The number of amides is 2. The van der Waals surface area contributed by atoms with E-state index in [0.717, 1.165) is 10.4 Å². The topological polar surface area (TPSA) is 59.1 Å². The molecular weight excluding hydrogens is 364 g/mol. The molecule has 0 atom stereocenters. The fourth-order valence-electron chi connectivity index (χ4n) is 2.88. The number of rotatable bonds is 5. The molecule has 27 heavy (non-hydrogen) atoms. The molecule has 1 saturated heterocycles. The van der Waals surface area contributed by atoms with Crippen LogP contribution >= 0.6 is 11.3 Å². The van der Waals surface area contributed by atoms with Crippen molar-refractivity contribution >= 4 is 29.2 Å². The Kier molecular flexibility index (Phi) is 6.13. The molecule has 2 heterocycles. The summed E-state index contributed by atoms with van der Waals surface area (Å²) in [7, 11) is 3.18. The van der Waals surface area contributed by atoms with E-state index in [0.29, 0.717) is 37.7 Å². The second kappa shape index (κ2) is 8.73. The third-order valence-corrected chi connectivity index (χ3v) is 5.26. The van der Waals surface area contributed by atoms with Gasteiger partial charge in [-0.05, 0) is 35.2 Å². The molecule has 0 N–H and O–H groups in total. The van der Waals surface area contributed by atoms with Crippen molar-refractivity contribution in [2.24, 2.45) is 0 Å². The lowest BCUT2D eigenvalue weighted by Gasteiger charge is -2.34. The second-order valence-electron chi connectivity index (χ2n) is 6.07. The van der Waals surface area contributed by atoms with Crippen molar-refractivity contribution in [3.63, 3.8) is 0 Å². The highest BCUT2D eigenvalue weighted by atomic mass is 32.1. The van der Waals surface area contributed by atoms with Gasteiger partial charge in [0.25, 0.3) is 5.91 Å². The Hall–Kier alpha value is -2.80. The molecule has 0 radical (unpaired) electrons. The molecule has 1 aromatic carbocycles. The first-order valence-electron chi connectivity index (χ1n) is 8.63. The standard InChI is InChI=1S/C20H22N2O4S/c1-25-16-12-15(13-17(14-16)26-2)5-6-19(23)21-7-9-22(10-8-21)20(24)18-4-3-11-27-18/h3-6,11-14H,7-10H2,1-2H3/b6-5+. The summed E-state index contributed by atoms with van der Waals surface area (Å²) in [6.07, 6.45) is 3.29. The monoisotopic (exact) mass is 386 g/mol. The summed E-state index contributed by atoms with van der Waals surface area (Å²) in [5, 5.41) is 1.89. The Balaban J connectivity index is 1.58. The lowest BCUT2D eigenvalue weighted by molar-refractivity contribution is -0.127. The predicted octanol–water partition coefficient (Wildman–Crippen LogP) is 2.76. The van der Waals surface area contributed by atoms with E-state index in [1.165, 1.54) is 11.3 Å². The summed E-state index contributed by atoms with van der Waals surface area (Å²) < 4.78 is 10.5. The van der Waals surface area contributed by atoms with Crippen molar-refractivity contribution in [2.75, 3.05) is 40.4 Å². The zero-order chi connectivity index (χ0) is 19.2. The number of piperazine rings is 1. The van der Waals surface area contributed by atoms with Gasteiger partial charge in [-0.25, -0.2) is 0 Å². The van der Waals surface area contributed by atoms with E-state index < -0.39 is 0 Å². The zero-order valence-electron chi connectivity index (χ0n) is 15.4. The van der Waals surface area contributed by atoms with Crippen LogP contribution in [0.2, 0.25) is 0 Å². The third-order valence-electron chi connectivity index (χ3n) is 4.40. The SMILES string of the molecule is COc1cc(/C=C/C(=O)N2CCN(C(=O)c3cccs3)CC2)cc(OC)c1. The summed E-state index contributed by atoms with van der Waals surface area (Å²) in [4.78, 5) is 29.1. The summed E-state index contributed by atoms with van der Waals surface area (Å²) in [5.41, 5.74) is 0.825. The lowest BCUT2D eigenvalue weighted by Crippen LogP contribution is -2.50. The molecule has 1 fully saturated rings. The first-order valence-corrected chi connectivity index (χ1v) is 9.51. The fraction of sp³-hybridized carbons (Fsp3) is 0.300. The van der Waals surface area contributed by atoms with E-state index >= 15 is 0 Å². The Labute approximate surface area is 162 Å².